The van der Waals surface area contributed by atoms with Gasteiger partial charge in [-0.15, -0.1) is 0 Å². The van der Waals surface area contributed by atoms with Crippen LogP contribution >= 0.6 is 0 Å². The van der Waals surface area contributed by atoms with E-state index >= 15 is 0 Å². The van der Waals surface area contributed by atoms with Crippen LogP contribution in [0.2, 0.25) is 0 Å². The number of aromatic nitrogens is 4. The van der Waals surface area contributed by atoms with E-state index in [-0.39, 0.29) is 11.9 Å². The molecule has 6 rings (SSSR count). The smallest absolute Gasteiger partial charge is 0.230 e. The Morgan fingerprint density at radius 1 is 1.00 bits per heavy atom. The molecule has 4 aromatic rings. The number of carbonyl (C=O) groups is 1. The zero-order chi connectivity index (χ0) is 30.8. The Labute approximate surface area is 259 Å². The van der Waals surface area contributed by atoms with Crippen LogP contribution in [0.4, 0.5) is 11.5 Å². The van der Waals surface area contributed by atoms with Crippen molar-refractivity contribution < 1.29 is 9.53 Å². The Bertz CT molecular complexity index is 1600. The first-order chi connectivity index (χ1) is 21.2. The molecular formula is C34H44N8O2. The van der Waals surface area contributed by atoms with Gasteiger partial charge in [-0.1, -0.05) is 50.2 Å². The molecule has 0 radical (unpaired) electrons. The second-order valence-corrected chi connectivity index (χ2v) is 13.0. The average molecular weight is 597 g/mol. The van der Waals surface area contributed by atoms with E-state index in [0.717, 1.165) is 79.7 Å². The summed E-state index contributed by atoms with van der Waals surface area (Å²) in [6.45, 7) is 8.48. The number of ether oxygens (including phenoxy) is 1. The number of nitrogens with two attached hydrogens (primary N) is 1. The van der Waals surface area contributed by atoms with Gasteiger partial charge in [0.1, 0.15) is 23.6 Å². The van der Waals surface area contributed by atoms with Gasteiger partial charge in [0, 0.05) is 43.2 Å². The Morgan fingerprint density at radius 2 is 1.70 bits per heavy atom. The SMILES string of the molecule is COc1cc(-c2nn([C@H]3CC[C@@H](N4CCN(C)CC4)CC3)c3ncnc(N)c23)ccc1NC(=O)C(C)(C)Cc1ccccc1. The summed E-state index contributed by atoms with van der Waals surface area (Å²) in [5, 5.41) is 8.96. The molecule has 2 aliphatic rings. The molecule has 0 unspecified atom stereocenters. The van der Waals surface area contributed by atoms with Gasteiger partial charge in [-0.25, -0.2) is 14.6 Å². The number of nitrogens with one attached hydrogen (secondary N) is 1. The number of hydrogen-bond donors (Lipinski definition) is 2. The van der Waals surface area contributed by atoms with E-state index in [9.17, 15) is 4.79 Å². The minimum absolute atomic E-state index is 0.0769. The fourth-order valence-corrected chi connectivity index (χ4v) is 6.73. The molecule has 3 heterocycles. The highest BCUT2D eigenvalue weighted by Gasteiger charge is 2.32. The van der Waals surface area contributed by atoms with Gasteiger partial charge in [0.05, 0.1) is 24.2 Å². The number of nitrogen functional groups attached to an aromatic ring is 1. The molecule has 1 aliphatic heterocycles. The molecule has 44 heavy (non-hydrogen) atoms. The number of likely N-dealkylation sites (N-methyl/N-ethyl adjacent to an activating group) is 1. The number of methoxy groups -OCH3 is 1. The summed E-state index contributed by atoms with van der Waals surface area (Å²) < 4.78 is 7.83. The van der Waals surface area contributed by atoms with Crippen LogP contribution in [0.25, 0.3) is 22.3 Å². The number of nitrogens with zero attached hydrogens (tertiary/aromatic N) is 6. The van der Waals surface area contributed by atoms with Gasteiger partial charge >= 0.3 is 0 Å². The van der Waals surface area contributed by atoms with Gasteiger partial charge < -0.3 is 20.7 Å². The van der Waals surface area contributed by atoms with Gasteiger partial charge in [-0.3, -0.25) is 9.69 Å². The lowest BCUT2D eigenvalue weighted by atomic mass is 9.84. The first-order valence-electron chi connectivity index (χ1n) is 15.7. The third-order valence-corrected chi connectivity index (χ3v) is 9.41. The van der Waals surface area contributed by atoms with Crippen molar-refractivity contribution in [3.05, 3.63) is 60.4 Å². The number of piperazine rings is 1. The highest BCUT2D eigenvalue weighted by molar-refractivity contribution is 6.00. The van der Waals surface area contributed by atoms with E-state index in [1.165, 1.54) is 6.33 Å². The van der Waals surface area contributed by atoms with Crippen molar-refractivity contribution in [1.29, 1.82) is 0 Å². The number of anilines is 2. The molecule has 0 spiro atoms. The molecule has 1 aliphatic carbocycles. The summed E-state index contributed by atoms with van der Waals surface area (Å²) in [5.74, 6) is 0.880. The molecule has 1 saturated heterocycles. The van der Waals surface area contributed by atoms with Gasteiger partial charge in [-0.05, 0) is 56.8 Å². The third-order valence-electron chi connectivity index (χ3n) is 9.41. The van der Waals surface area contributed by atoms with Gasteiger partial charge in [0.2, 0.25) is 5.91 Å². The standard InChI is InChI=1S/C34H44N8O2/c1-34(2,21-23-8-6-5-7-9-23)33(43)38-27-15-10-24(20-28(27)44-4)30-29-31(35)36-22-37-32(29)42(39-30)26-13-11-25(12-14-26)41-18-16-40(3)17-19-41/h5-10,15,20,22,25-26H,11-14,16-19,21H2,1-4H3,(H,38,43)(H2,35,36,37)/t25-,26+. The lowest BCUT2D eigenvalue weighted by Crippen LogP contribution is -2.49. The van der Waals surface area contributed by atoms with E-state index in [4.69, 9.17) is 15.6 Å². The molecule has 232 valence electrons. The predicted molar refractivity (Wildman–Crippen MR) is 175 cm³/mol. The summed E-state index contributed by atoms with van der Waals surface area (Å²) in [5.41, 5.74) is 9.86. The number of amides is 1. The number of benzene rings is 2. The van der Waals surface area contributed by atoms with E-state index in [1.807, 2.05) is 62.4 Å². The summed E-state index contributed by atoms with van der Waals surface area (Å²) >= 11 is 0. The van der Waals surface area contributed by atoms with Crippen LogP contribution in [-0.2, 0) is 11.2 Å². The van der Waals surface area contributed by atoms with Gasteiger partial charge in [0.25, 0.3) is 0 Å². The molecular weight excluding hydrogens is 552 g/mol. The van der Waals surface area contributed by atoms with Crippen LogP contribution in [-0.4, -0.2) is 81.8 Å². The fraction of sp³-hybridized carbons (Fsp3) is 0.471. The van der Waals surface area contributed by atoms with Crippen LogP contribution in [0.1, 0.15) is 51.1 Å². The topological polar surface area (TPSA) is 114 Å². The monoisotopic (exact) mass is 596 g/mol. The maximum absolute atomic E-state index is 13.4. The van der Waals surface area contributed by atoms with Crippen LogP contribution in [0.3, 0.4) is 0 Å². The Kier molecular flexibility index (Phi) is 8.55. The van der Waals surface area contributed by atoms with E-state index in [1.54, 1.807) is 7.11 Å². The normalized spacial score (nSPS) is 20.1. The van der Waals surface area contributed by atoms with E-state index < -0.39 is 5.41 Å². The van der Waals surface area contributed by atoms with Crippen molar-refractivity contribution in [3.8, 4) is 17.0 Å². The van der Waals surface area contributed by atoms with Crippen molar-refractivity contribution >= 4 is 28.4 Å². The summed E-state index contributed by atoms with van der Waals surface area (Å²) in [6.07, 6.45) is 6.53. The molecule has 1 amide bonds. The third kappa shape index (κ3) is 6.14. The van der Waals surface area contributed by atoms with E-state index in [2.05, 4.69) is 36.8 Å². The minimum Gasteiger partial charge on any atom is -0.495 e. The highest BCUT2D eigenvalue weighted by atomic mass is 16.5. The predicted octanol–water partition coefficient (Wildman–Crippen LogP) is 5.02. The van der Waals surface area contributed by atoms with Crippen molar-refractivity contribution in [2.45, 2.75) is 58.0 Å². The van der Waals surface area contributed by atoms with Crippen LogP contribution in [0, 0.1) is 5.41 Å². The molecule has 2 aromatic carbocycles. The quantitative estimate of drug-likeness (QED) is 0.291. The molecule has 2 fully saturated rings. The Balaban J connectivity index is 1.23. The van der Waals surface area contributed by atoms with Crippen molar-refractivity contribution in [3.63, 3.8) is 0 Å². The van der Waals surface area contributed by atoms with Crippen LogP contribution in [0.15, 0.2) is 54.9 Å². The second-order valence-electron chi connectivity index (χ2n) is 13.0. The summed E-state index contributed by atoms with van der Waals surface area (Å²) in [7, 11) is 3.81. The molecule has 2 aromatic heterocycles. The fourth-order valence-electron chi connectivity index (χ4n) is 6.73. The van der Waals surface area contributed by atoms with Gasteiger partial charge in [-0.2, -0.15) is 5.10 Å². The number of rotatable bonds is 8. The van der Waals surface area contributed by atoms with Gasteiger partial charge in [0.15, 0.2) is 5.65 Å². The molecule has 3 N–H and O–H groups in total. The first kappa shape index (κ1) is 30.0. The lowest BCUT2D eigenvalue weighted by Gasteiger charge is -2.41. The largest absolute Gasteiger partial charge is 0.495 e. The van der Waals surface area contributed by atoms with Crippen molar-refractivity contribution in [2.75, 3.05) is 51.4 Å². The zero-order valence-corrected chi connectivity index (χ0v) is 26.3. The second kappa shape index (κ2) is 12.5. The molecule has 0 bridgehead atoms. The number of fused-ring (bicyclic) bond motifs is 1. The Hall–Kier alpha value is -4.02. The number of hydrogen-bond acceptors (Lipinski definition) is 8. The summed E-state index contributed by atoms with van der Waals surface area (Å²) in [6, 6.07) is 16.7. The summed E-state index contributed by atoms with van der Waals surface area (Å²) in [4.78, 5) is 27.4. The van der Waals surface area contributed by atoms with E-state index in [0.29, 0.717) is 29.7 Å². The zero-order valence-electron chi connectivity index (χ0n) is 26.3. The maximum Gasteiger partial charge on any atom is 0.230 e. The van der Waals surface area contributed by atoms with Crippen molar-refractivity contribution in [2.24, 2.45) is 5.41 Å². The maximum atomic E-state index is 13.4. The van der Waals surface area contributed by atoms with Crippen LogP contribution < -0.4 is 15.8 Å². The lowest BCUT2D eigenvalue weighted by molar-refractivity contribution is -0.123. The minimum atomic E-state index is -0.616. The average Bonchev–Trinajstić information content (AvgIpc) is 3.43. The molecule has 10 nitrogen and oxygen atoms in total. The first-order valence-corrected chi connectivity index (χ1v) is 15.7. The Morgan fingerprint density at radius 3 is 2.41 bits per heavy atom. The van der Waals surface area contributed by atoms with Crippen molar-refractivity contribution in [1.82, 2.24) is 29.5 Å². The molecule has 1 saturated carbocycles. The molecule has 10 heteroatoms. The molecule has 0 atom stereocenters. The van der Waals surface area contributed by atoms with Crippen LogP contribution in [0.5, 0.6) is 5.75 Å². The highest BCUT2D eigenvalue weighted by Crippen LogP contribution is 2.39. The number of carbonyl (C=O) groups excluding carboxylic acids is 1.